The molecule has 0 spiro atoms. The molecule has 0 saturated heterocycles. The van der Waals surface area contributed by atoms with Crippen LogP contribution < -0.4 is 5.32 Å². The fraction of sp³-hybridized carbons (Fsp3) is 0.364. The molecule has 0 bridgehead atoms. The van der Waals surface area contributed by atoms with Gasteiger partial charge in [-0.2, -0.15) is 0 Å². The lowest BCUT2D eigenvalue weighted by Crippen LogP contribution is -2.42. The molecule has 110 valence electrons. The standard InChI is InChI=1S/C11H13BrN2O5S/c1-20(18,19)5-4-9(11(16)17)14-10(15)8-3-2-7(12)6-13-8/h2-3,6,9H,4-5H2,1H3,(H,14,15)(H,16,17). The Morgan fingerprint density at radius 2 is 2.10 bits per heavy atom. The highest BCUT2D eigenvalue weighted by Gasteiger charge is 2.22. The highest BCUT2D eigenvalue weighted by atomic mass is 79.9. The molecule has 20 heavy (non-hydrogen) atoms. The predicted octanol–water partition coefficient (Wildman–Crippen LogP) is 0.462. The molecule has 1 aromatic rings. The van der Waals surface area contributed by atoms with Crippen LogP contribution in [-0.2, 0) is 14.6 Å². The van der Waals surface area contributed by atoms with Crippen molar-refractivity contribution in [2.75, 3.05) is 12.0 Å². The average molecular weight is 365 g/mol. The second-order valence-electron chi connectivity index (χ2n) is 4.14. The van der Waals surface area contributed by atoms with E-state index in [4.69, 9.17) is 5.11 Å². The van der Waals surface area contributed by atoms with Gasteiger partial charge in [-0.1, -0.05) is 0 Å². The second kappa shape index (κ2) is 6.80. The first-order valence-electron chi connectivity index (χ1n) is 5.52. The molecular weight excluding hydrogens is 352 g/mol. The molecule has 0 saturated carbocycles. The zero-order valence-corrected chi connectivity index (χ0v) is 12.9. The Morgan fingerprint density at radius 1 is 1.45 bits per heavy atom. The summed E-state index contributed by atoms with van der Waals surface area (Å²) in [5.41, 5.74) is 0.0544. The number of carbonyl (C=O) groups is 2. The van der Waals surface area contributed by atoms with Crippen LogP contribution in [0.1, 0.15) is 16.9 Å². The number of carboxylic acid groups (broad SMARTS) is 1. The Hall–Kier alpha value is -1.48. The van der Waals surface area contributed by atoms with Crippen molar-refractivity contribution in [2.24, 2.45) is 0 Å². The zero-order chi connectivity index (χ0) is 15.3. The van der Waals surface area contributed by atoms with Crippen LogP contribution in [0.15, 0.2) is 22.8 Å². The largest absolute Gasteiger partial charge is 0.480 e. The molecule has 1 unspecified atom stereocenters. The van der Waals surface area contributed by atoms with Crippen LogP contribution in [0.5, 0.6) is 0 Å². The number of amides is 1. The van der Waals surface area contributed by atoms with Crippen molar-refractivity contribution in [3.63, 3.8) is 0 Å². The molecule has 2 N–H and O–H groups in total. The van der Waals surface area contributed by atoms with E-state index in [1.807, 2.05) is 0 Å². The summed E-state index contributed by atoms with van der Waals surface area (Å²) in [5, 5.41) is 11.2. The number of aliphatic carboxylic acids is 1. The summed E-state index contributed by atoms with van der Waals surface area (Å²) in [4.78, 5) is 26.6. The SMILES string of the molecule is CS(=O)(=O)CCC(NC(=O)c1ccc(Br)cn1)C(=O)O. The molecule has 7 nitrogen and oxygen atoms in total. The van der Waals surface area contributed by atoms with Gasteiger partial charge in [-0.05, 0) is 34.5 Å². The number of nitrogens with one attached hydrogen (secondary N) is 1. The first kappa shape index (κ1) is 16.6. The van der Waals surface area contributed by atoms with Crippen molar-refractivity contribution in [1.82, 2.24) is 10.3 Å². The van der Waals surface area contributed by atoms with Gasteiger partial charge in [0, 0.05) is 16.9 Å². The third-order valence-corrected chi connectivity index (χ3v) is 3.79. The van der Waals surface area contributed by atoms with Gasteiger partial charge >= 0.3 is 5.97 Å². The molecule has 0 fully saturated rings. The van der Waals surface area contributed by atoms with E-state index in [0.717, 1.165) is 6.26 Å². The fourth-order valence-corrected chi connectivity index (χ4v) is 2.23. The number of aromatic nitrogens is 1. The molecule has 0 aromatic carbocycles. The number of carboxylic acids is 1. The monoisotopic (exact) mass is 364 g/mol. The highest BCUT2D eigenvalue weighted by Crippen LogP contribution is 2.08. The lowest BCUT2D eigenvalue weighted by atomic mass is 10.2. The van der Waals surface area contributed by atoms with Crippen LogP contribution in [0.2, 0.25) is 0 Å². The van der Waals surface area contributed by atoms with E-state index in [1.54, 1.807) is 6.07 Å². The Kier molecular flexibility index (Phi) is 5.63. The van der Waals surface area contributed by atoms with E-state index < -0.39 is 27.8 Å². The van der Waals surface area contributed by atoms with Crippen molar-refractivity contribution in [2.45, 2.75) is 12.5 Å². The van der Waals surface area contributed by atoms with Crippen molar-refractivity contribution in [1.29, 1.82) is 0 Å². The number of sulfone groups is 1. The Labute approximate surface area is 124 Å². The molecular formula is C11H13BrN2O5S. The van der Waals surface area contributed by atoms with Crippen molar-refractivity contribution in [3.05, 3.63) is 28.5 Å². The van der Waals surface area contributed by atoms with Gasteiger partial charge in [0.1, 0.15) is 21.6 Å². The summed E-state index contributed by atoms with van der Waals surface area (Å²) < 4.78 is 22.7. The fourth-order valence-electron chi connectivity index (χ4n) is 1.33. The van der Waals surface area contributed by atoms with E-state index in [9.17, 15) is 18.0 Å². The molecule has 1 rings (SSSR count). The number of hydrogen-bond acceptors (Lipinski definition) is 5. The lowest BCUT2D eigenvalue weighted by Gasteiger charge is -2.13. The van der Waals surface area contributed by atoms with E-state index >= 15 is 0 Å². The summed E-state index contributed by atoms with van der Waals surface area (Å²) in [6.07, 6.45) is 2.21. The Balaban J connectivity index is 2.73. The molecule has 9 heteroatoms. The average Bonchev–Trinajstić information content (AvgIpc) is 2.33. The maximum absolute atomic E-state index is 11.8. The summed E-state index contributed by atoms with van der Waals surface area (Å²) in [6, 6.07) is 1.74. The van der Waals surface area contributed by atoms with Crippen LogP contribution in [0.4, 0.5) is 0 Å². The maximum atomic E-state index is 11.8. The van der Waals surface area contributed by atoms with E-state index in [-0.39, 0.29) is 17.9 Å². The first-order valence-corrected chi connectivity index (χ1v) is 8.37. The Bertz CT molecular complexity index is 600. The number of hydrogen-bond donors (Lipinski definition) is 2. The topological polar surface area (TPSA) is 113 Å². The first-order chi connectivity index (χ1) is 9.19. The van der Waals surface area contributed by atoms with Gasteiger partial charge in [0.15, 0.2) is 0 Å². The summed E-state index contributed by atoms with van der Waals surface area (Å²) >= 11 is 3.16. The molecule has 0 aliphatic carbocycles. The lowest BCUT2D eigenvalue weighted by molar-refractivity contribution is -0.139. The normalized spacial score (nSPS) is 12.7. The van der Waals surface area contributed by atoms with Crippen LogP contribution in [-0.4, -0.2) is 48.4 Å². The second-order valence-corrected chi connectivity index (χ2v) is 7.32. The van der Waals surface area contributed by atoms with E-state index in [1.165, 1.54) is 12.3 Å². The molecule has 1 heterocycles. The van der Waals surface area contributed by atoms with Gasteiger partial charge in [-0.3, -0.25) is 4.79 Å². The minimum Gasteiger partial charge on any atom is -0.480 e. The summed E-state index contributed by atoms with van der Waals surface area (Å²) in [6.45, 7) is 0. The van der Waals surface area contributed by atoms with Crippen molar-refractivity contribution < 1.29 is 23.1 Å². The van der Waals surface area contributed by atoms with E-state index in [2.05, 4.69) is 26.2 Å². The molecule has 0 aliphatic heterocycles. The highest BCUT2D eigenvalue weighted by molar-refractivity contribution is 9.10. The van der Waals surface area contributed by atoms with Gasteiger partial charge in [-0.15, -0.1) is 0 Å². The van der Waals surface area contributed by atoms with Crippen LogP contribution in [0.25, 0.3) is 0 Å². The van der Waals surface area contributed by atoms with Crippen LogP contribution in [0, 0.1) is 0 Å². The minimum absolute atomic E-state index is 0.0544. The zero-order valence-electron chi connectivity index (χ0n) is 10.5. The molecule has 0 aliphatic rings. The molecule has 1 aromatic heterocycles. The number of pyridine rings is 1. The third kappa shape index (κ3) is 5.66. The van der Waals surface area contributed by atoms with E-state index in [0.29, 0.717) is 4.47 Å². The smallest absolute Gasteiger partial charge is 0.326 e. The number of nitrogens with zero attached hydrogens (tertiary/aromatic N) is 1. The number of carbonyl (C=O) groups excluding carboxylic acids is 1. The van der Waals surface area contributed by atoms with Gasteiger partial charge in [0.25, 0.3) is 5.91 Å². The molecule has 1 amide bonds. The van der Waals surface area contributed by atoms with Gasteiger partial charge in [0.2, 0.25) is 0 Å². The number of rotatable bonds is 6. The van der Waals surface area contributed by atoms with Crippen molar-refractivity contribution >= 4 is 37.6 Å². The quantitative estimate of drug-likeness (QED) is 0.757. The minimum atomic E-state index is -3.30. The van der Waals surface area contributed by atoms with Gasteiger partial charge in [0.05, 0.1) is 5.75 Å². The maximum Gasteiger partial charge on any atom is 0.326 e. The van der Waals surface area contributed by atoms with Gasteiger partial charge < -0.3 is 10.4 Å². The molecule has 1 atom stereocenters. The third-order valence-electron chi connectivity index (χ3n) is 2.34. The summed E-state index contributed by atoms with van der Waals surface area (Å²) in [7, 11) is -3.30. The predicted molar refractivity (Wildman–Crippen MR) is 75.2 cm³/mol. The summed E-state index contributed by atoms with van der Waals surface area (Å²) in [5.74, 6) is -2.28. The van der Waals surface area contributed by atoms with Crippen LogP contribution in [0.3, 0.4) is 0 Å². The Morgan fingerprint density at radius 3 is 2.55 bits per heavy atom. The number of halogens is 1. The van der Waals surface area contributed by atoms with Gasteiger partial charge in [-0.25, -0.2) is 18.2 Å². The molecule has 0 radical (unpaired) electrons. The van der Waals surface area contributed by atoms with Crippen molar-refractivity contribution in [3.8, 4) is 0 Å². The van der Waals surface area contributed by atoms with Crippen LogP contribution >= 0.6 is 15.9 Å².